The van der Waals surface area contributed by atoms with E-state index in [-0.39, 0.29) is 37.1 Å². The molecule has 1 aliphatic heterocycles. The van der Waals surface area contributed by atoms with Gasteiger partial charge in [-0.25, -0.2) is 8.42 Å². The maximum Gasteiger partial charge on any atom is 0.321 e. The molecule has 1 heterocycles. The number of sulfonamides is 1. The van der Waals surface area contributed by atoms with Crippen LogP contribution < -0.4 is 14.2 Å². The highest BCUT2D eigenvalue weighted by Crippen LogP contribution is 2.38. The maximum absolute atomic E-state index is 12.6. The molecule has 0 aliphatic carbocycles. The van der Waals surface area contributed by atoms with E-state index in [9.17, 15) is 28.4 Å². The summed E-state index contributed by atoms with van der Waals surface area (Å²) in [7, 11) is -4.47. The molecule has 0 radical (unpaired) electrons. The fourth-order valence-electron chi connectivity index (χ4n) is 2.34. The van der Waals surface area contributed by atoms with Crippen LogP contribution >= 0.6 is 0 Å². The third-order valence-corrected chi connectivity index (χ3v) is 4.91. The Balaban J connectivity index is 2.47. The minimum absolute atomic E-state index is 0.0346. The van der Waals surface area contributed by atoms with Crippen molar-refractivity contribution >= 4 is 21.7 Å². The number of hydrogen-bond donors (Lipinski definition) is 2. The van der Waals surface area contributed by atoms with Gasteiger partial charge in [-0.15, -0.1) is 0 Å². The van der Waals surface area contributed by atoms with Gasteiger partial charge in [0.2, 0.25) is 10.0 Å². The molecule has 11 heteroatoms. The quantitative estimate of drug-likeness (QED) is 0.534. The van der Waals surface area contributed by atoms with Crippen LogP contribution in [0.4, 0.5) is 5.69 Å². The van der Waals surface area contributed by atoms with Crippen molar-refractivity contribution in [3.63, 3.8) is 0 Å². The summed E-state index contributed by atoms with van der Waals surface area (Å²) >= 11 is 0. The molecule has 10 nitrogen and oxygen atoms in total. The molecule has 1 atom stereocenters. The van der Waals surface area contributed by atoms with E-state index in [0.717, 1.165) is 12.1 Å². The molecule has 1 unspecified atom stereocenters. The monoisotopic (exact) mass is 374 g/mol. The van der Waals surface area contributed by atoms with Crippen molar-refractivity contribution in [1.82, 2.24) is 4.72 Å². The number of fused-ring (bicyclic) bond motifs is 1. The molecule has 0 aromatic heterocycles. The van der Waals surface area contributed by atoms with Gasteiger partial charge in [0.1, 0.15) is 19.3 Å². The molecule has 25 heavy (non-hydrogen) atoms. The van der Waals surface area contributed by atoms with Crippen LogP contribution in [0.3, 0.4) is 0 Å². The van der Waals surface area contributed by atoms with E-state index in [1.807, 2.05) is 4.72 Å². The summed E-state index contributed by atoms with van der Waals surface area (Å²) in [4.78, 5) is 21.0. The van der Waals surface area contributed by atoms with Gasteiger partial charge in [0.05, 0.1) is 11.0 Å². The number of ether oxygens (including phenoxy) is 2. The summed E-state index contributed by atoms with van der Waals surface area (Å²) in [5.74, 6) is -1.35. The Hall–Kier alpha value is -2.40. The fraction of sp³-hybridized carbons (Fsp3) is 0.500. The number of rotatable bonds is 7. The Morgan fingerprint density at radius 3 is 2.36 bits per heavy atom. The van der Waals surface area contributed by atoms with Gasteiger partial charge in [0, 0.05) is 6.07 Å². The lowest BCUT2D eigenvalue weighted by molar-refractivity contribution is -0.388. The van der Waals surface area contributed by atoms with Crippen LogP contribution in [-0.4, -0.2) is 43.7 Å². The van der Waals surface area contributed by atoms with E-state index in [4.69, 9.17) is 9.47 Å². The second-order valence-corrected chi connectivity index (χ2v) is 7.54. The summed E-state index contributed by atoms with van der Waals surface area (Å²) in [5.41, 5.74) is -0.717. The number of aliphatic carboxylic acids is 1. The Morgan fingerprint density at radius 1 is 1.32 bits per heavy atom. The van der Waals surface area contributed by atoms with Gasteiger partial charge in [-0.3, -0.25) is 14.9 Å². The van der Waals surface area contributed by atoms with E-state index in [1.165, 1.54) is 0 Å². The first-order chi connectivity index (χ1) is 11.6. The zero-order chi connectivity index (χ0) is 18.8. The number of carbonyl (C=O) groups is 1. The predicted molar refractivity (Wildman–Crippen MR) is 85.3 cm³/mol. The lowest BCUT2D eigenvalue weighted by atomic mass is 10.1. The van der Waals surface area contributed by atoms with Crippen molar-refractivity contribution in [3.8, 4) is 11.5 Å². The number of nitro groups is 1. The summed E-state index contributed by atoms with van der Waals surface area (Å²) in [6, 6.07) is 0.530. The Morgan fingerprint density at radius 2 is 1.88 bits per heavy atom. The first-order valence-corrected chi connectivity index (χ1v) is 8.93. The third kappa shape index (κ3) is 4.37. The number of carboxylic acids is 1. The van der Waals surface area contributed by atoms with Crippen molar-refractivity contribution in [2.75, 3.05) is 13.2 Å². The molecule has 1 aromatic rings. The van der Waals surface area contributed by atoms with Crippen LogP contribution in [0.15, 0.2) is 17.0 Å². The average molecular weight is 374 g/mol. The maximum atomic E-state index is 12.6. The Labute approximate surface area is 143 Å². The van der Waals surface area contributed by atoms with Crippen molar-refractivity contribution in [3.05, 3.63) is 22.2 Å². The molecule has 1 aliphatic rings. The van der Waals surface area contributed by atoms with Crippen LogP contribution in [0.2, 0.25) is 0 Å². The molecule has 0 amide bonds. The SMILES string of the molecule is CC(C)CC(NS(=O)(=O)c1cc2c(cc1[N+](=O)[O-])OCCO2)C(=O)O. The first-order valence-electron chi connectivity index (χ1n) is 7.45. The van der Waals surface area contributed by atoms with E-state index < -0.39 is 37.5 Å². The highest BCUT2D eigenvalue weighted by Gasteiger charge is 2.33. The van der Waals surface area contributed by atoms with Crippen molar-refractivity contribution in [2.45, 2.75) is 31.2 Å². The highest BCUT2D eigenvalue weighted by atomic mass is 32.2. The number of nitro benzene ring substituents is 1. The smallest absolute Gasteiger partial charge is 0.321 e. The van der Waals surface area contributed by atoms with E-state index in [2.05, 4.69) is 0 Å². The molecule has 2 N–H and O–H groups in total. The van der Waals surface area contributed by atoms with Gasteiger partial charge >= 0.3 is 5.97 Å². The number of nitrogens with one attached hydrogen (secondary N) is 1. The summed E-state index contributed by atoms with van der Waals surface area (Å²) in [5, 5.41) is 20.4. The van der Waals surface area contributed by atoms with Crippen molar-refractivity contribution in [2.24, 2.45) is 5.92 Å². The zero-order valence-electron chi connectivity index (χ0n) is 13.6. The second kappa shape index (κ2) is 7.23. The summed E-state index contributed by atoms with van der Waals surface area (Å²) in [6.07, 6.45) is 0.0346. The van der Waals surface area contributed by atoms with Gasteiger partial charge in [-0.2, -0.15) is 4.72 Å². The number of carboxylic acid groups (broad SMARTS) is 1. The van der Waals surface area contributed by atoms with Crippen LogP contribution in [0.25, 0.3) is 0 Å². The van der Waals surface area contributed by atoms with Crippen LogP contribution in [0, 0.1) is 16.0 Å². The van der Waals surface area contributed by atoms with Gasteiger partial charge < -0.3 is 14.6 Å². The molecule has 138 valence electrons. The lowest BCUT2D eigenvalue weighted by Gasteiger charge is -2.20. The minimum Gasteiger partial charge on any atom is -0.486 e. The lowest BCUT2D eigenvalue weighted by Crippen LogP contribution is -2.41. The molecule has 1 aromatic carbocycles. The minimum atomic E-state index is -4.47. The fourth-order valence-corrected chi connectivity index (χ4v) is 3.71. The van der Waals surface area contributed by atoms with E-state index in [1.54, 1.807) is 13.8 Å². The third-order valence-electron chi connectivity index (χ3n) is 3.41. The standard InChI is InChI=1S/C14H18N2O8S/c1-8(2)5-9(14(17)18)15-25(21,22)13-7-12-11(23-3-4-24-12)6-10(13)16(19)20/h6-9,15H,3-5H2,1-2H3,(H,17,18). The molecule has 0 saturated heterocycles. The van der Waals surface area contributed by atoms with Crippen LogP contribution in [-0.2, 0) is 14.8 Å². The molecule has 0 saturated carbocycles. The summed E-state index contributed by atoms with van der Waals surface area (Å²) < 4.78 is 37.6. The van der Waals surface area contributed by atoms with Gasteiger partial charge in [0.15, 0.2) is 16.4 Å². The Bertz CT molecular complexity index is 790. The highest BCUT2D eigenvalue weighted by molar-refractivity contribution is 7.89. The molecular weight excluding hydrogens is 356 g/mol. The van der Waals surface area contributed by atoms with Crippen molar-refractivity contribution < 1.29 is 32.7 Å². The molecule has 0 fully saturated rings. The average Bonchev–Trinajstić information content (AvgIpc) is 2.52. The number of hydrogen-bond acceptors (Lipinski definition) is 7. The van der Waals surface area contributed by atoms with Crippen LogP contribution in [0.1, 0.15) is 20.3 Å². The molecule has 2 rings (SSSR count). The van der Waals surface area contributed by atoms with E-state index in [0.29, 0.717) is 0 Å². The normalized spacial score (nSPS) is 15.0. The predicted octanol–water partition coefficient (Wildman–Crippen LogP) is 1.14. The Kier molecular flexibility index (Phi) is 5.48. The number of benzene rings is 1. The largest absolute Gasteiger partial charge is 0.486 e. The van der Waals surface area contributed by atoms with Crippen LogP contribution in [0.5, 0.6) is 11.5 Å². The zero-order valence-corrected chi connectivity index (χ0v) is 14.4. The van der Waals surface area contributed by atoms with Gasteiger partial charge in [-0.1, -0.05) is 13.8 Å². The second-order valence-electron chi connectivity index (χ2n) is 5.86. The molecule has 0 bridgehead atoms. The van der Waals surface area contributed by atoms with Gasteiger partial charge in [-0.05, 0) is 12.3 Å². The van der Waals surface area contributed by atoms with E-state index >= 15 is 0 Å². The topological polar surface area (TPSA) is 145 Å². The molecule has 0 spiro atoms. The number of nitrogens with zero attached hydrogens (tertiary/aromatic N) is 1. The first kappa shape index (κ1) is 18.9. The van der Waals surface area contributed by atoms with Gasteiger partial charge in [0.25, 0.3) is 5.69 Å². The molecular formula is C14H18N2O8S. The summed E-state index contributed by atoms with van der Waals surface area (Å²) in [6.45, 7) is 3.82. The van der Waals surface area contributed by atoms with Crippen molar-refractivity contribution in [1.29, 1.82) is 0 Å².